The SMILES string of the molecule is CCCCN1C(=O)/C(=C2/Sc3ccc(OC)cc3N2CC)SC1=Nc1ccc(NS(=O)(=O)c2ccc(C)cc2)cc1. The summed E-state index contributed by atoms with van der Waals surface area (Å²) >= 11 is 2.97. The molecule has 2 aliphatic rings. The van der Waals surface area contributed by atoms with Crippen LogP contribution in [-0.4, -0.2) is 44.6 Å². The number of carbonyl (C=O) groups excluding carboxylic acids is 1. The highest BCUT2D eigenvalue weighted by Crippen LogP contribution is 2.51. The fourth-order valence-electron chi connectivity index (χ4n) is 4.45. The lowest BCUT2D eigenvalue weighted by Gasteiger charge is -2.19. The number of hydrogen-bond donors (Lipinski definition) is 1. The van der Waals surface area contributed by atoms with E-state index in [2.05, 4.69) is 23.5 Å². The molecule has 0 spiro atoms. The number of fused-ring (bicyclic) bond motifs is 1. The van der Waals surface area contributed by atoms with E-state index in [4.69, 9.17) is 9.73 Å². The number of aliphatic imine (C=N–C) groups is 1. The Kier molecular flexibility index (Phi) is 8.67. The van der Waals surface area contributed by atoms with Crippen molar-refractivity contribution in [2.45, 2.75) is 43.4 Å². The predicted molar refractivity (Wildman–Crippen MR) is 169 cm³/mol. The van der Waals surface area contributed by atoms with E-state index in [9.17, 15) is 13.2 Å². The fourth-order valence-corrected chi connectivity index (χ4v) is 7.91. The van der Waals surface area contributed by atoms with Gasteiger partial charge in [-0.2, -0.15) is 0 Å². The molecule has 8 nitrogen and oxygen atoms in total. The normalized spacial score (nSPS) is 17.9. The van der Waals surface area contributed by atoms with Crippen LogP contribution in [0.5, 0.6) is 5.75 Å². The number of nitrogens with one attached hydrogen (secondary N) is 1. The van der Waals surface area contributed by atoms with Crippen molar-refractivity contribution in [3.63, 3.8) is 0 Å². The van der Waals surface area contributed by atoms with Crippen molar-refractivity contribution >= 4 is 61.7 Å². The van der Waals surface area contributed by atoms with Crippen molar-refractivity contribution in [2.75, 3.05) is 29.8 Å². The molecule has 0 atom stereocenters. The van der Waals surface area contributed by atoms with Gasteiger partial charge in [-0.1, -0.05) is 42.8 Å². The van der Waals surface area contributed by atoms with E-state index < -0.39 is 10.0 Å². The minimum Gasteiger partial charge on any atom is -0.497 e. The predicted octanol–water partition coefficient (Wildman–Crippen LogP) is 6.97. The number of benzene rings is 3. The van der Waals surface area contributed by atoms with Crippen LogP contribution in [0.3, 0.4) is 0 Å². The van der Waals surface area contributed by atoms with Gasteiger partial charge in [0, 0.05) is 29.7 Å². The summed E-state index contributed by atoms with van der Waals surface area (Å²) in [5.41, 5.74) is 3.08. The number of thioether (sulfide) groups is 2. The molecular weight excluding hydrogens is 577 g/mol. The first-order valence-corrected chi connectivity index (χ1v) is 16.5. The Morgan fingerprint density at radius 1 is 0.951 bits per heavy atom. The van der Waals surface area contributed by atoms with Crippen LogP contribution in [0.4, 0.5) is 17.1 Å². The van der Waals surface area contributed by atoms with E-state index in [1.807, 2.05) is 25.1 Å². The highest BCUT2D eigenvalue weighted by Gasteiger charge is 2.39. The molecule has 3 aromatic rings. The van der Waals surface area contributed by atoms with Gasteiger partial charge in [-0.05, 0) is 80.6 Å². The summed E-state index contributed by atoms with van der Waals surface area (Å²) < 4.78 is 33.6. The Bertz CT molecular complexity index is 1620. The molecule has 3 aromatic carbocycles. The second kappa shape index (κ2) is 12.2. The summed E-state index contributed by atoms with van der Waals surface area (Å²) in [6, 6.07) is 19.5. The van der Waals surface area contributed by atoms with Crippen molar-refractivity contribution in [3.05, 3.63) is 82.2 Å². The number of methoxy groups -OCH3 is 1. The first-order valence-electron chi connectivity index (χ1n) is 13.4. The molecular formula is C30H32N4O4S3. The number of hydrogen-bond acceptors (Lipinski definition) is 8. The second-order valence-electron chi connectivity index (χ2n) is 9.59. The molecule has 2 heterocycles. The maximum absolute atomic E-state index is 13.7. The lowest BCUT2D eigenvalue weighted by atomic mass is 10.2. The lowest BCUT2D eigenvalue weighted by molar-refractivity contribution is -0.122. The highest BCUT2D eigenvalue weighted by molar-refractivity contribution is 8.19. The van der Waals surface area contributed by atoms with E-state index in [1.165, 1.54) is 11.8 Å². The van der Waals surface area contributed by atoms with Crippen molar-refractivity contribution < 1.29 is 17.9 Å². The van der Waals surface area contributed by atoms with Crippen LogP contribution in [0, 0.1) is 6.92 Å². The monoisotopic (exact) mass is 608 g/mol. The van der Waals surface area contributed by atoms with Crippen LogP contribution in [0.25, 0.3) is 0 Å². The quantitative estimate of drug-likeness (QED) is 0.262. The molecule has 214 valence electrons. The van der Waals surface area contributed by atoms with Crippen LogP contribution < -0.4 is 14.4 Å². The molecule has 0 aliphatic carbocycles. The van der Waals surface area contributed by atoms with Crippen LogP contribution in [0.15, 0.2) is 91.4 Å². The van der Waals surface area contributed by atoms with Crippen molar-refractivity contribution in [1.82, 2.24) is 4.90 Å². The molecule has 0 aromatic heterocycles. The van der Waals surface area contributed by atoms with E-state index in [-0.39, 0.29) is 10.8 Å². The third kappa shape index (κ3) is 6.12. The van der Waals surface area contributed by atoms with E-state index >= 15 is 0 Å². The molecule has 1 amide bonds. The highest BCUT2D eigenvalue weighted by atomic mass is 32.2. The van der Waals surface area contributed by atoms with Gasteiger partial charge in [0.05, 0.1) is 23.4 Å². The molecule has 0 bridgehead atoms. The molecule has 5 rings (SSSR count). The van der Waals surface area contributed by atoms with E-state index in [0.717, 1.165) is 39.8 Å². The van der Waals surface area contributed by atoms with Crippen molar-refractivity contribution in [3.8, 4) is 5.75 Å². The Balaban J connectivity index is 1.41. The summed E-state index contributed by atoms with van der Waals surface area (Å²) in [5, 5.41) is 1.52. The van der Waals surface area contributed by atoms with Gasteiger partial charge >= 0.3 is 0 Å². The first-order chi connectivity index (χ1) is 19.7. The molecule has 0 radical (unpaired) electrons. The minimum atomic E-state index is -3.71. The number of rotatable bonds is 9. The second-order valence-corrected chi connectivity index (χ2v) is 13.3. The minimum absolute atomic E-state index is 0.0506. The zero-order chi connectivity index (χ0) is 29.1. The summed E-state index contributed by atoms with van der Waals surface area (Å²) in [7, 11) is -2.06. The summed E-state index contributed by atoms with van der Waals surface area (Å²) in [6.07, 6.45) is 1.81. The number of aryl methyl sites for hydroxylation is 1. The van der Waals surface area contributed by atoms with Crippen LogP contribution >= 0.6 is 23.5 Å². The summed E-state index contributed by atoms with van der Waals surface area (Å²) in [4.78, 5) is 24.4. The molecule has 1 N–H and O–H groups in total. The lowest BCUT2D eigenvalue weighted by Crippen LogP contribution is -2.30. The number of amidine groups is 1. The molecule has 0 saturated carbocycles. The smallest absolute Gasteiger partial charge is 0.269 e. The summed E-state index contributed by atoms with van der Waals surface area (Å²) in [6.45, 7) is 7.35. The van der Waals surface area contributed by atoms with Gasteiger partial charge in [0.2, 0.25) is 0 Å². The molecule has 1 fully saturated rings. The average Bonchev–Trinajstić information content (AvgIpc) is 3.48. The molecule has 1 saturated heterocycles. The molecule has 2 aliphatic heterocycles. The van der Waals surface area contributed by atoms with E-state index in [0.29, 0.717) is 34.5 Å². The molecule has 11 heteroatoms. The van der Waals surface area contributed by atoms with Gasteiger partial charge in [-0.3, -0.25) is 14.4 Å². The maximum Gasteiger partial charge on any atom is 0.269 e. The van der Waals surface area contributed by atoms with Gasteiger partial charge < -0.3 is 9.64 Å². The van der Waals surface area contributed by atoms with E-state index in [1.54, 1.807) is 72.3 Å². The van der Waals surface area contributed by atoms with Crippen LogP contribution in [0.1, 0.15) is 32.3 Å². The molecule has 0 unspecified atom stereocenters. The third-order valence-electron chi connectivity index (χ3n) is 6.69. The largest absolute Gasteiger partial charge is 0.497 e. The van der Waals surface area contributed by atoms with Crippen LogP contribution in [0.2, 0.25) is 0 Å². The zero-order valence-electron chi connectivity index (χ0n) is 23.4. The average molecular weight is 609 g/mol. The topological polar surface area (TPSA) is 91.3 Å². The van der Waals surface area contributed by atoms with Gasteiger partial charge in [0.1, 0.15) is 15.7 Å². The van der Waals surface area contributed by atoms with Crippen LogP contribution in [-0.2, 0) is 14.8 Å². The third-order valence-corrected chi connectivity index (χ3v) is 10.5. The van der Waals surface area contributed by atoms with Crippen molar-refractivity contribution in [2.24, 2.45) is 4.99 Å². The Morgan fingerprint density at radius 2 is 1.68 bits per heavy atom. The number of nitrogens with zero attached hydrogens (tertiary/aromatic N) is 3. The Hall–Kier alpha value is -3.41. The van der Waals surface area contributed by atoms with Gasteiger partial charge in [0.25, 0.3) is 15.9 Å². The number of sulfonamides is 1. The number of amides is 1. The fraction of sp³-hybridized carbons (Fsp3) is 0.267. The maximum atomic E-state index is 13.7. The van der Waals surface area contributed by atoms with Crippen molar-refractivity contribution in [1.29, 1.82) is 0 Å². The zero-order valence-corrected chi connectivity index (χ0v) is 25.8. The van der Waals surface area contributed by atoms with Gasteiger partial charge in [0.15, 0.2) is 5.17 Å². The molecule has 41 heavy (non-hydrogen) atoms. The van der Waals surface area contributed by atoms with Gasteiger partial charge in [-0.25, -0.2) is 13.4 Å². The Morgan fingerprint density at radius 3 is 2.34 bits per heavy atom. The standard InChI is InChI=1S/C30H32N4O4S3/c1-5-7-18-34-28(35)27(29-33(6-2)25-19-23(38-4)14-17-26(25)39-29)40-30(34)31-21-10-12-22(13-11-21)32-41(36,37)24-15-8-20(3)9-16-24/h8-17,19,32H,5-7,18H2,1-4H3/b29-27-,31-30?. The Labute approximate surface area is 249 Å². The summed E-state index contributed by atoms with van der Waals surface area (Å²) in [5.74, 6) is 0.723. The van der Waals surface area contributed by atoms with Gasteiger partial charge in [-0.15, -0.1) is 0 Å². The number of carbonyl (C=O) groups is 1. The number of ether oxygens (including phenoxy) is 1. The first kappa shape index (κ1) is 29.1. The number of unbranched alkanes of at least 4 members (excludes halogenated alkanes) is 1. The number of anilines is 2.